The molecule has 0 spiro atoms. The van der Waals surface area contributed by atoms with Crippen LogP contribution in [0.5, 0.6) is 178 Å². The molecule has 9 aliphatic heterocycles. The summed E-state index contributed by atoms with van der Waals surface area (Å²) >= 11 is 0. The largest absolute Gasteiger partial charge is 0.504 e. The van der Waals surface area contributed by atoms with Crippen LogP contribution in [-0.4, -0.2) is 280 Å². The van der Waals surface area contributed by atoms with E-state index >= 15 is 28.8 Å². The topological polar surface area (TPSA) is 899 Å². The molecule has 10 bridgehead atoms. The Bertz CT molecular complexity index is 7180. The fourth-order valence-electron chi connectivity index (χ4n) is 16.4. The van der Waals surface area contributed by atoms with Crippen molar-refractivity contribution in [1.82, 2.24) is 0 Å². The van der Waals surface area contributed by atoms with Gasteiger partial charge in [0.1, 0.15) is 31.0 Å². The number of hydrogen-bond acceptors (Lipinski definition) is 52. The van der Waals surface area contributed by atoms with Crippen molar-refractivity contribution in [3.8, 4) is 234 Å². The van der Waals surface area contributed by atoms with Crippen LogP contribution in [0.1, 0.15) is 127 Å². The summed E-state index contributed by atoms with van der Waals surface area (Å²) in [6.07, 6.45) is -31.3. The molecule has 0 aromatic heterocycles. The van der Waals surface area contributed by atoms with Crippen molar-refractivity contribution < 1.29 is 258 Å². The molecular formula is C82H52O52. The normalized spacial score (nSPS) is 20.3. The molecule has 10 aromatic rings. The lowest BCUT2D eigenvalue weighted by molar-refractivity contribution is -0.154. The zero-order chi connectivity index (χ0) is 97.3. The van der Waals surface area contributed by atoms with Gasteiger partial charge in [-0.15, -0.1) is 0 Å². The van der Waals surface area contributed by atoms with Crippen LogP contribution in [0.3, 0.4) is 0 Å². The van der Waals surface area contributed by atoms with Gasteiger partial charge in [-0.25, -0.2) is 47.9 Å². The van der Waals surface area contributed by atoms with E-state index in [9.17, 15) is 177 Å². The first kappa shape index (κ1) is 86.9. The number of benzene rings is 10. The molecule has 9 heterocycles. The molecule has 10 aromatic carbocycles. The second-order valence-corrected chi connectivity index (χ2v) is 29.9. The average Bonchev–Trinajstić information content (AvgIpc) is 1.12. The quantitative estimate of drug-likeness (QED) is 0.0669. The predicted molar refractivity (Wildman–Crippen MR) is 412 cm³/mol. The molecule has 0 radical (unpaired) electrons. The number of fused-ring (bicyclic) bond motifs is 13. The van der Waals surface area contributed by atoms with Gasteiger partial charge >= 0.3 is 59.7 Å². The molecule has 31 N–H and O–H groups in total. The van der Waals surface area contributed by atoms with Crippen molar-refractivity contribution in [3.05, 3.63) is 109 Å². The van der Waals surface area contributed by atoms with Crippen LogP contribution in [0.15, 0.2) is 42.5 Å². The first-order chi connectivity index (χ1) is 63.0. The van der Waals surface area contributed by atoms with E-state index in [0.29, 0.717) is 0 Å². The van der Waals surface area contributed by atoms with Gasteiger partial charge in [0.25, 0.3) is 0 Å². The summed E-state index contributed by atoms with van der Waals surface area (Å²) in [4.78, 5) is 153. The number of hydrogen-bond donors (Lipinski definition) is 31. The zero-order valence-electron chi connectivity index (χ0n) is 65.2. The number of rotatable bonds is 5. The van der Waals surface area contributed by atoms with Gasteiger partial charge < -0.3 is 210 Å². The summed E-state index contributed by atoms with van der Waals surface area (Å²) in [5.74, 6) is -76.3. The summed E-state index contributed by atoms with van der Waals surface area (Å²) < 4.78 is 62.7. The molecule has 0 amide bonds. The summed E-state index contributed by atoms with van der Waals surface area (Å²) in [7, 11) is 0. The standard InChI is InChI=1S/C82H52O52/c83-17-1-10-26(48(96)41(17)89)28-12(3-19(85)43(91)50(28)98)76(117)129-67(71-69-60(108)39-37(81(122)131-69)33(55(103)63(111)58(39)106)31-14(77(118)133-71)5-21(87)45(93)52(31)100)25(9-125-73(10)114)128-79(120)16-6-22(88)46(94)65(113)66(16)126-23-7-15-29(53(101)47(23)95)27-11(2-18(84)42(90)49(27)97)74(115)124-8-24-68(130-78(15)119)72-70-61(109)40-38(82(123)132-70)35(57(105)64(112)59(40)107)34-36(80(121)134-72)32(54(102)62(110)56(34)104)30-13(75(116)127-24)4-20(86)44(92)51(30)99/h1-7,24-25,60-61,67-72,83-113H,8-9H2/t24-,25-,60+,61+,67-,68-,69+,70+,71+,72+/m1/s1. The van der Waals surface area contributed by atoms with E-state index in [-0.39, 0.29) is 42.5 Å². The van der Waals surface area contributed by atoms with E-state index in [4.69, 9.17) is 52.1 Å². The van der Waals surface area contributed by atoms with Crippen LogP contribution in [0.4, 0.5) is 0 Å². The maximum absolute atomic E-state index is 16.2. The minimum atomic E-state index is -3.34. The van der Waals surface area contributed by atoms with Crippen LogP contribution < -0.4 is 4.74 Å². The molecule has 0 aliphatic carbocycles. The van der Waals surface area contributed by atoms with Gasteiger partial charge in [-0.05, 0) is 30.3 Å². The lowest BCUT2D eigenvalue weighted by Crippen LogP contribution is -2.56. The first-order valence-electron chi connectivity index (χ1n) is 37.3. The maximum Gasteiger partial charge on any atom is 0.342 e. The Morgan fingerprint density at radius 3 is 0.940 bits per heavy atom. The highest BCUT2D eigenvalue weighted by Gasteiger charge is 2.59. The van der Waals surface area contributed by atoms with Crippen molar-refractivity contribution in [3.63, 3.8) is 0 Å². The van der Waals surface area contributed by atoms with Gasteiger partial charge in [0.15, 0.2) is 164 Å². The fourth-order valence-corrected chi connectivity index (χ4v) is 16.4. The predicted octanol–water partition coefficient (Wildman–Crippen LogP) is 3.06. The van der Waals surface area contributed by atoms with Gasteiger partial charge in [-0.3, -0.25) is 0 Å². The molecule has 692 valence electrons. The minimum absolute atomic E-state index is 0.00834. The third-order valence-corrected chi connectivity index (χ3v) is 22.6. The summed E-state index contributed by atoms with van der Waals surface area (Å²) in [6, 6.07) is 0.855. The highest BCUT2D eigenvalue weighted by Crippen LogP contribution is 2.65. The summed E-state index contributed by atoms with van der Waals surface area (Å²) in [6.45, 7) is -3.84. The Morgan fingerprint density at radius 2 is 0.522 bits per heavy atom. The monoisotopic (exact) mass is 1870 g/mol. The van der Waals surface area contributed by atoms with Crippen molar-refractivity contribution in [2.45, 2.75) is 61.0 Å². The number of aromatic hydroxyl groups is 29. The van der Waals surface area contributed by atoms with Crippen LogP contribution in [0, 0.1) is 0 Å². The number of aliphatic hydroxyl groups excluding tert-OH is 2. The van der Waals surface area contributed by atoms with Crippen molar-refractivity contribution in [1.29, 1.82) is 0 Å². The number of phenols is 29. The van der Waals surface area contributed by atoms with Crippen LogP contribution in [-0.2, 0) is 47.4 Å². The van der Waals surface area contributed by atoms with Gasteiger partial charge in [0, 0.05) is 78.9 Å². The highest BCUT2D eigenvalue weighted by atomic mass is 16.7. The summed E-state index contributed by atoms with van der Waals surface area (Å²) in [5, 5.41) is 357. The average molecular weight is 1870 g/mol. The Hall–Kier alpha value is -19.2. The van der Waals surface area contributed by atoms with Gasteiger partial charge in [-0.1, -0.05) is 0 Å². The lowest BCUT2D eigenvalue weighted by Gasteiger charge is -2.40. The lowest BCUT2D eigenvalue weighted by atomic mass is 9.80. The van der Waals surface area contributed by atoms with Crippen LogP contribution in [0.25, 0.3) is 55.6 Å². The molecule has 52 heteroatoms. The molecule has 0 fully saturated rings. The van der Waals surface area contributed by atoms with E-state index in [0.717, 1.165) is 0 Å². The van der Waals surface area contributed by atoms with Crippen molar-refractivity contribution >= 4 is 59.7 Å². The molecular weight excluding hydrogens is 1820 g/mol. The number of phenolic OH excluding ortho intramolecular Hbond substituents is 29. The molecule has 0 saturated heterocycles. The van der Waals surface area contributed by atoms with Gasteiger partial charge in [-0.2, -0.15) is 0 Å². The number of cyclic esters (lactones) is 3. The van der Waals surface area contributed by atoms with E-state index in [2.05, 4.69) is 0 Å². The fraction of sp³-hybridized carbons (Fsp3) is 0.146. The zero-order valence-corrected chi connectivity index (χ0v) is 65.2. The maximum atomic E-state index is 16.2. The smallest absolute Gasteiger partial charge is 0.342 e. The van der Waals surface area contributed by atoms with Gasteiger partial charge in [0.2, 0.25) is 63.2 Å². The van der Waals surface area contributed by atoms with Crippen LogP contribution >= 0.6 is 0 Å². The van der Waals surface area contributed by atoms with E-state index in [1.807, 2.05) is 0 Å². The third-order valence-electron chi connectivity index (χ3n) is 22.6. The number of carbonyl (C=O) groups excluding carboxylic acids is 10. The minimum Gasteiger partial charge on any atom is -0.504 e. The second-order valence-electron chi connectivity index (χ2n) is 29.9. The Balaban J connectivity index is 0.861. The number of carbonyl (C=O) groups is 10. The Morgan fingerprint density at radius 1 is 0.246 bits per heavy atom. The van der Waals surface area contributed by atoms with Crippen LogP contribution in [0.2, 0.25) is 0 Å². The number of ether oxygens (including phenoxy) is 11. The van der Waals surface area contributed by atoms with Crippen molar-refractivity contribution in [2.75, 3.05) is 13.2 Å². The number of esters is 10. The third kappa shape index (κ3) is 12.3. The Kier molecular flexibility index (Phi) is 19.4. The first-order valence-corrected chi connectivity index (χ1v) is 37.3. The molecule has 0 saturated carbocycles. The van der Waals surface area contributed by atoms with E-state index in [1.165, 1.54) is 0 Å². The molecule has 10 atom stereocenters. The highest BCUT2D eigenvalue weighted by molar-refractivity contribution is 6.18. The molecule has 134 heavy (non-hydrogen) atoms. The van der Waals surface area contributed by atoms with Crippen molar-refractivity contribution in [2.24, 2.45) is 0 Å². The Labute approximate surface area is 732 Å². The second kappa shape index (κ2) is 30.0. The molecule has 19 rings (SSSR count). The van der Waals surface area contributed by atoms with Gasteiger partial charge in [0.05, 0.1) is 50.1 Å². The molecule has 0 unspecified atom stereocenters. The van der Waals surface area contributed by atoms with E-state index < -0.39 is 435 Å². The number of aliphatic hydroxyl groups is 2. The van der Waals surface area contributed by atoms with E-state index in [1.54, 1.807) is 0 Å². The molecule has 52 nitrogen and oxygen atoms in total. The SMILES string of the molecule is O=C(O[C@@H]1COC(=O)c2cc(O)c(O)c(O)c2-c2c(cc(O)c(O)c2O)C(=O)O[C@H]1[C@@H]1OC(=O)c2cc(O)c(O)c(O)c2-c2c(O)c(O)c(O)c3c2C(=O)O[C@H]1[C@H]3O)c1cc(O)c(O)c(O)c1Oc1cc2c(c(O)c1O)-c1c(cc(O)c(O)c1O)C(=O)OC[C@H]1OC(=O)c3cc(O)c(O)c(O)c3-c3c(O)c(O)c(O)c4c3C(=O)O[C@H]([C@H]3OC(=O)c5c-4c(O)c(O)c(O)c5[C@@H]3O)[C@@H]1OC2=O. The summed E-state index contributed by atoms with van der Waals surface area (Å²) in [5.41, 5.74) is -32.8. The molecule has 9 aliphatic rings.